The van der Waals surface area contributed by atoms with Crippen LogP contribution in [0.4, 0.5) is 9.93 Å². The van der Waals surface area contributed by atoms with Gasteiger partial charge in [-0.2, -0.15) is 0 Å². The van der Waals surface area contributed by atoms with Crippen molar-refractivity contribution in [1.82, 2.24) is 15.2 Å². The standard InChI is InChI=1S/C25H30N4O3S/c1-15-10-24(2,3)14-25(11-15)21(31)29(23(32)28-25)12-20(30)27-22-26-19(13-33-22)18-8-7-16-5-4-6-17(16)9-18/h7-9,13,15H,4-6,10-12,14H2,1-3H3,(H,28,32)(H,26,27,30). The quantitative estimate of drug-likeness (QED) is 0.655. The van der Waals surface area contributed by atoms with Crippen molar-refractivity contribution in [3.05, 3.63) is 34.7 Å². The highest BCUT2D eigenvalue weighted by molar-refractivity contribution is 7.14. The lowest BCUT2D eigenvalue weighted by molar-refractivity contribution is -0.136. The Balaban J connectivity index is 1.25. The number of urea groups is 1. The van der Waals surface area contributed by atoms with E-state index in [9.17, 15) is 14.4 Å². The highest BCUT2D eigenvalue weighted by Crippen LogP contribution is 2.46. The number of hydrogen-bond donors (Lipinski definition) is 2. The first-order valence-corrected chi connectivity index (χ1v) is 12.5. The molecule has 1 aromatic heterocycles. The molecule has 174 valence electrons. The van der Waals surface area contributed by atoms with Crippen LogP contribution in [0.1, 0.15) is 57.6 Å². The molecule has 1 saturated carbocycles. The van der Waals surface area contributed by atoms with Gasteiger partial charge in [-0.1, -0.05) is 32.9 Å². The Labute approximate surface area is 198 Å². The molecule has 8 heteroatoms. The molecule has 2 heterocycles. The van der Waals surface area contributed by atoms with Crippen molar-refractivity contribution >= 4 is 34.3 Å². The number of anilines is 1. The summed E-state index contributed by atoms with van der Waals surface area (Å²) in [4.78, 5) is 44.2. The van der Waals surface area contributed by atoms with Crippen LogP contribution in [-0.4, -0.2) is 39.8 Å². The number of thiazole rings is 1. The molecule has 2 fully saturated rings. The third-order valence-corrected chi connectivity index (χ3v) is 7.83. The van der Waals surface area contributed by atoms with Crippen LogP contribution in [0.25, 0.3) is 11.3 Å². The van der Waals surface area contributed by atoms with Crippen molar-refractivity contribution in [3.8, 4) is 11.3 Å². The Bertz CT molecular complexity index is 1140. The number of amides is 4. The number of rotatable bonds is 4. The molecule has 3 aliphatic rings. The van der Waals surface area contributed by atoms with Gasteiger partial charge in [0.1, 0.15) is 12.1 Å². The fraction of sp³-hybridized carbons (Fsp3) is 0.520. The summed E-state index contributed by atoms with van der Waals surface area (Å²) in [6.07, 6.45) is 5.63. The van der Waals surface area contributed by atoms with Gasteiger partial charge in [-0.3, -0.25) is 14.5 Å². The summed E-state index contributed by atoms with van der Waals surface area (Å²) in [5, 5.41) is 8.06. The number of imide groups is 1. The van der Waals surface area contributed by atoms with E-state index in [0.29, 0.717) is 23.9 Å². The van der Waals surface area contributed by atoms with Crippen molar-refractivity contribution in [2.75, 3.05) is 11.9 Å². The molecule has 1 aliphatic heterocycles. The Morgan fingerprint density at radius 3 is 2.82 bits per heavy atom. The average molecular weight is 467 g/mol. The van der Waals surface area contributed by atoms with E-state index in [1.54, 1.807) is 0 Å². The van der Waals surface area contributed by atoms with E-state index < -0.39 is 17.5 Å². The molecule has 5 rings (SSSR count). The second-order valence-electron chi connectivity index (χ2n) is 10.7. The molecule has 1 saturated heterocycles. The maximum atomic E-state index is 13.2. The number of benzene rings is 1. The van der Waals surface area contributed by atoms with Crippen LogP contribution in [0.3, 0.4) is 0 Å². The van der Waals surface area contributed by atoms with Gasteiger partial charge in [0.25, 0.3) is 5.91 Å². The number of nitrogens with one attached hydrogen (secondary N) is 2. The average Bonchev–Trinajstić information content (AvgIpc) is 3.42. The summed E-state index contributed by atoms with van der Waals surface area (Å²) in [5.74, 6) is -0.395. The first-order valence-electron chi connectivity index (χ1n) is 11.7. The lowest BCUT2D eigenvalue weighted by Crippen LogP contribution is -2.54. The normalized spacial score (nSPS) is 25.9. The monoisotopic (exact) mass is 466 g/mol. The first kappa shape index (κ1) is 22.1. The number of carbonyl (C=O) groups excluding carboxylic acids is 3. The van der Waals surface area contributed by atoms with Gasteiger partial charge < -0.3 is 10.6 Å². The van der Waals surface area contributed by atoms with E-state index in [1.165, 1.54) is 28.9 Å². The van der Waals surface area contributed by atoms with Crippen molar-refractivity contribution in [2.45, 2.75) is 64.8 Å². The fourth-order valence-corrected chi connectivity index (χ4v) is 6.88. The van der Waals surface area contributed by atoms with Crippen LogP contribution in [0.5, 0.6) is 0 Å². The van der Waals surface area contributed by atoms with Crippen LogP contribution in [-0.2, 0) is 22.4 Å². The lowest BCUT2D eigenvalue weighted by atomic mass is 9.64. The SMILES string of the molecule is CC1CC(C)(C)CC2(C1)NC(=O)N(CC(=O)Nc1nc(-c3ccc4c(c3)CCC4)cs1)C2=O. The highest BCUT2D eigenvalue weighted by Gasteiger charge is 2.56. The van der Waals surface area contributed by atoms with Gasteiger partial charge in [0.2, 0.25) is 5.91 Å². The zero-order valence-electron chi connectivity index (χ0n) is 19.4. The van der Waals surface area contributed by atoms with Crippen molar-refractivity contribution in [2.24, 2.45) is 11.3 Å². The lowest BCUT2D eigenvalue weighted by Gasteiger charge is -2.43. The van der Waals surface area contributed by atoms with Crippen LogP contribution in [0, 0.1) is 11.3 Å². The van der Waals surface area contributed by atoms with E-state index >= 15 is 0 Å². The molecule has 2 atom stereocenters. The number of aromatic nitrogens is 1. The predicted octanol–water partition coefficient (Wildman–Crippen LogP) is 4.37. The molecular formula is C25H30N4O3S. The maximum Gasteiger partial charge on any atom is 0.325 e. The number of carbonyl (C=O) groups is 3. The summed E-state index contributed by atoms with van der Waals surface area (Å²) in [7, 11) is 0. The van der Waals surface area contributed by atoms with Crippen molar-refractivity contribution in [3.63, 3.8) is 0 Å². The third kappa shape index (κ3) is 4.16. The molecule has 2 aromatic rings. The topological polar surface area (TPSA) is 91.4 Å². The van der Waals surface area contributed by atoms with Crippen LogP contribution in [0.15, 0.2) is 23.6 Å². The largest absolute Gasteiger partial charge is 0.325 e. The van der Waals surface area contributed by atoms with Crippen LogP contribution < -0.4 is 10.6 Å². The number of fused-ring (bicyclic) bond motifs is 1. The Morgan fingerprint density at radius 2 is 2.03 bits per heavy atom. The molecule has 2 N–H and O–H groups in total. The van der Waals surface area contributed by atoms with Gasteiger partial charge in [0.15, 0.2) is 5.13 Å². The minimum Gasteiger partial charge on any atom is -0.323 e. The first-order chi connectivity index (χ1) is 15.6. The van der Waals surface area contributed by atoms with Gasteiger partial charge in [0.05, 0.1) is 5.69 Å². The number of aryl methyl sites for hydroxylation is 2. The van der Waals surface area contributed by atoms with E-state index in [0.717, 1.165) is 35.4 Å². The molecule has 7 nitrogen and oxygen atoms in total. The zero-order valence-corrected chi connectivity index (χ0v) is 20.2. The van der Waals surface area contributed by atoms with E-state index in [1.807, 2.05) is 5.38 Å². The summed E-state index contributed by atoms with van der Waals surface area (Å²) < 4.78 is 0. The van der Waals surface area contributed by atoms with Crippen LogP contribution in [0.2, 0.25) is 0 Å². The molecule has 0 bridgehead atoms. The highest BCUT2D eigenvalue weighted by atomic mass is 32.1. The summed E-state index contributed by atoms with van der Waals surface area (Å²) in [6, 6.07) is 5.93. The summed E-state index contributed by atoms with van der Waals surface area (Å²) >= 11 is 1.34. The molecule has 2 aliphatic carbocycles. The van der Waals surface area contributed by atoms with Gasteiger partial charge >= 0.3 is 6.03 Å². The minimum atomic E-state index is -0.902. The van der Waals surface area contributed by atoms with Crippen LogP contribution >= 0.6 is 11.3 Å². The Hall–Kier alpha value is -2.74. The third-order valence-electron chi connectivity index (χ3n) is 7.07. The number of hydrogen-bond acceptors (Lipinski definition) is 5. The van der Waals surface area contributed by atoms with Gasteiger partial charge in [-0.25, -0.2) is 9.78 Å². The Kier molecular flexibility index (Phi) is 5.31. The summed E-state index contributed by atoms with van der Waals surface area (Å²) in [5.41, 5.74) is 3.69. The molecule has 0 radical (unpaired) electrons. The van der Waals surface area contributed by atoms with Crippen molar-refractivity contribution in [1.29, 1.82) is 0 Å². The van der Waals surface area contributed by atoms with Gasteiger partial charge in [-0.05, 0) is 67.1 Å². The van der Waals surface area contributed by atoms with E-state index in [2.05, 4.69) is 54.6 Å². The Morgan fingerprint density at radius 1 is 1.24 bits per heavy atom. The van der Waals surface area contributed by atoms with Gasteiger partial charge in [0, 0.05) is 10.9 Å². The van der Waals surface area contributed by atoms with E-state index in [-0.39, 0.29) is 17.9 Å². The molecule has 33 heavy (non-hydrogen) atoms. The van der Waals surface area contributed by atoms with Gasteiger partial charge in [-0.15, -0.1) is 11.3 Å². The molecule has 2 unspecified atom stereocenters. The maximum absolute atomic E-state index is 13.2. The zero-order chi connectivity index (χ0) is 23.4. The van der Waals surface area contributed by atoms with Crippen molar-refractivity contribution < 1.29 is 14.4 Å². The molecular weight excluding hydrogens is 436 g/mol. The predicted molar refractivity (Wildman–Crippen MR) is 128 cm³/mol. The minimum absolute atomic E-state index is 0.0479. The molecule has 4 amide bonds. The fourth-order valence-electron chi connectivity index (χ4n) is 6.15. The molecule has 1 aromatic carbocycles. The van der Waals surface area contributed by atoms with E-state index in [4.69, 9.17) is 0 Å². The smallest absolute Gasteiger partial charge is 0.323 e. The molecule has 1 spiro atoms. The summed E-state index contributed by atoms with van der Waals surface area (Å²) in [6.45, 7) is 6.05. The second kappa shape index (κ2) is 7.94. The second-order valence-corrected chi connectivity index (χ2v) is 11.5. The number of nitrogens with zero attached hydrogens (tertiary/aromatic N) is 2.